The van der Waals surface area contributed by atoms with Gasteiger partial charge in [-0.3, -0.25) is 38.4 Å². The van der Waals surface area contributed by atoms with Crippen molar-refractivity contribution < 1.29 is 132 Å². The van der Waals surface area contributed by atoms with Gasteiger partial charge in [-0.25, -0.2) is 0 Å². The number of likely N-dealkylation sites (tertiary alicyclic amines) is 1. The highest BCUT2D eigenvalue weighted by atomic mass is 16.7. The van der Waals surface area contributed by atoms with Crippen molar-refractivity contribution >= 4 is 46.7 Å². The Labute approximate surface area is 665 Å². The second-order valence-corrected chi connectivity index (χ2v) is 33.3. The zero-order chi connectivity index (χ0) is 82.4. The molecule has 0 radical (unpaired) electrons. The minimum Gasteiger partial charge on any atom is -0.463 e. The molecule has 29 heteroatoms. The van der Waals surface area contributed by atoms with E-state index in [-0.39, 0.29) is 137 Å². The van der Waals surface area contributed by atoms with Gasteiger partial charge in [-0.2, -0.15) is 0 Å². The second kappa shape index (κ2) is 56.4. The van der Waals surface area contributed by atoms with E-state index in [1.165, 1.54) is 0 Å². The van der Waals surface area contributed by atoms with Crippen LogP contribution in [0.25, 0.3) is 0 Å². The zero-order valence-corrected chi connectivity index (χ0v) is 68.5. The van der Waals surface area contributed by atoms with Crippen LogP contribution in [-0.2, 0) is 81.0 Å². The number of esters is 1. The number of aliphatic hydroxyl groups excluding tert-OH is 10. The van der Waals surface area contributed by atoms with Crippen LogP contribution in [0, 0.1) is 23.2 Å². The molecule has 18 atom stereocenters. The fraction of sp³-hybridized carbons (Fsp3) is 0.904. The summed E-state index contributed by atoms with van der Waals surface area (Å²) in [5.74, 6) is -2.19. The molecule has 0 aromatic heterocycles. The molecule has 0 aliphatic carbocycles. The van der Waals surface area contributed by atoms with Crippen LogP contribution >= 0.6 is 0 Å². The molecule has 4 aliphatic heterocycles. The van der Waals surface area contributed by atoms with Gasteiger partial charge in [0.2, 0.25) is 11.8 Å². The predicted octanol–water partition coefficient (Wildman–Crippen LogP) is 6.98. The van der Waals surface area contributed by atoms with E-state index in [4.69, 9.17) is 42.6 Å². The summed E-state index contributed by atoms with van der Waals surface area (Å²) in [6.45, 7) is 10.6. The number of hydrogen-bond acceptors (Lipinski definition) is 27. The molecule has 112 heavy (non-hydrogen) atoms. The number of nitrogens with one attached hydrogen (secondary N) is 1. The SMILES string of the molecule is CC1C(OCCCCC(=O)CCCCCCC(=O)CCOCC(COCCC(=O)CCCCCC(=O)CCCCOC2OC(CO)C(O)C(O)C2C)(COC(=O)CCCCCC(=O)CCCCOC2OC(CO)C(O)C(O)C2C)NC(=O)CCCCCCCCC(=O)N2C[C@H](O)C[C@H]2CCC(C)(C)C)OC(CO)C(O)C1O. The molecule has 0 saturated carbocycles. The van der Waals surface area contributed by atoms with Gasteiger partial charge in [0.1, 0.15) is 77.7 Å². The van der Waals surface area contributed by atoms with Crippen LogP contribution in [0.15, 0.2) is 0 Å². The first-order chi connectivity index (χ1) is 53.5. The van der Waals surface area contributed by atoms with Crippen molar-refractivity contribution in [1.82, 2.24) is 10.2 Å². The van der Waals surface area contributed by atoms with Crippen molar-refractivity contribution in [2.24, 2.45) is 23.2 Å². The summed E-state index contributed by atoms with van der Waals surface area (Å²) < 4.78 is 52.4. The number of unbranched alkanes of at least 4 members (excludes halogenated alkanes) is 15. The number of ketones is 5. The Hall–Kier alpha value is -3.96. The molecule has 0 bridgehead atoms. The van der Waals surface area contributed by atoms with Crippen LogP contribution in [0.3, 0.4) is 0 Å². The summed E-state index contributed by atoms with van der Waals surface area (Å²) >= 11 is 0. The summed E-state index contributed by atoms with van der Waals surface area (Å²) in [6.07, 6.45) is 7.10. The van der Waals surface area contributed by atoms with Gasteiger partial charge >= 0.3 is 5.97 Å². The van der Waals surface area contributed by atoms with Crippen molar-refractivity contribution in [1.29, 1.82) is 0 Å². The van der Waals surface area contributed by atoms with Crippen molar-refractivity contribution in [3.8, 4) is 0 Å². The number of hydrogen-bond donors (Lipinski definition) is 11. The Morgan fingerprint density at radius 1 is 0.393 bits per heavy atom. The Balaban J connectivity index is 1.29. The van der Waals surface area contributed by atoms with Crippen molar-refractivity contribution in [3.63, 3.8) is 0 Å². The van der Waals surface area contributed by atoms with E-state index < -0.39 is 129 Å². The zero-order valence-electron chi connectivity index (χ0n) is 68.5. The fourth-order valence-corrected chi connectivity index (χ4v) is 14.6. The fourth-order valence-electron chi connectivity index (χ4n) is 14.6. The van der Waals surface area contributed by atoms with Gasteiger partial charge in [-0.05, 0) is 115 Å². The van der Waals surface area contributed by atoms with Crippen LogP contribution in [0.4, 0.5) is 0 Å². The molecule has 4 heterocycles. The number of ether oxygens (including phenoxy) is 9. The second-order valence-electron chi connectivity index (χ2n) is 33.3. The molecule has 29 nitrogen and oxygen atoms in total. The van der Waals surface area contributed by atoms with Crippen LogP contribution < -0.4 is 5.32 Å². The lowest BCUT2D eigenvalue weighted by atomic mass is 9.88. The monoisotopic (exact) mass is 1600 g/mol. The molecule has 0 aromatic carbocycles. The average molecular weight is 1600 g/mol. The highest BCUT2D eigenvalue weighted by molar-refractivity contribution is 5.80. The number of carbonyl (C=O) groups is 8. The maximum atomic E-state index is 14.1. The Bertz CT molecular complexity index is 2650. The molecule has 4 aliphatic rings. The minimum absolute atomic E-state index is 0.0146. The van der Waals surface area contributed by atoms with Gasteiger partial charge in [-0.1, -0.05) is 92.9 Å². The number of aliphatic hydroxyl groups is 10. The number of rotatable bonds is 64. The first-order valence-electron chi connectivity index (χ1n) is 42.4. The lowest BCUT2D eigenvalue weighted by Crippen LogP contribution is -2.59. The van der Waals surface area contributed by atoms with Crippen molar-refractivity contribution in [2.45, 2.75) is 377 Å². The van der Waals surface area contributed by atoms with Gasteiger partial charge in [-0.15, -0.1) is 0 Å². The van der Waals surface area contributed by atoms with Crippen LogP contribution in [-0.4, -0.2) is 273 Å². The largest absolute Gasteiger partial charge is 0.463 e. The standard InChI is InChI=1S/C83H146N2O27/c1-57-73(98)76(101)67(51-86)110-79(57)106-44-26-23-34-61(89)29-15-11-12-16-32-64(92)41-47-104-54-83(84-70(95)37-20-9-7-8-10-21-38-71(96)85-50-66(94)49-60(85)40-43-82(4,5)6,56-109-72(97)39-22-14-19-31-63(91)36-25-28-46-108-81-59(3)75(100)78(103)69(53-88)112-81)55-105-48-42-65(93)33-18-13-17-30-62(90)35-24-27-45-107-80-58(2)74(99)77(102)68(52-87)111-80/h57-60,66-69,73-81,86-88,94,98-103H,7-56H2,1-6H3,(H,84,95)/t57?,58?,59?,60-,66-,67?,68?,69?,73?,74?,75?,76?,77?,78?,79?,80?,81?,83?/m1/s1. The van der Waals surface area contributed by atoms with Crippen LogP contribution in [0.2, 0.25) is 0 Å². The highest BCUT2D eigenvalue weighted by Gasteiger charge is 2.45. The van der Waals surface area contributed by atoms with Gasteiger partial charge in [0.25, 0.3) is 0 Å². The maximum Gasteiger partial charge on any atom is 0.305 e. The third-order valence-corrected chi connectivity index (χ3v) is 22.1. The highest BCUT2D eigenvalue weighted by Crippen LogP contribution is 2.32. The van der Waals surface area contributed by atoms with E-state index in [1.807, 2.05) is 4.90 Å². The topological polar surface area (TPSA) is 437 Å². The summed E-state index contributed by atoms with van der Waals surface area (Å²) in [7, 11) is 0. The van der Waals surface area contributed by atoms with E-state index in [9.17, 15) is 89.4 Å². The number of amides is 2. The number of β-amino-alcohol motifs (C(OH)–C–C–N with tert-alkyl or cyclic N) is 1. The van der Waals surface area contributed by atoms with E-state index in [1.54, 1.807) is 20.8 Å². The lowest BCUT2D eigenvalue weighted by molar-refractivity contribution is -0.282. The smallest absolute Gasteiger partial charge is 0.305 e. The van der Waals surface area contributed by atoms with Crippen LogP contribution in [0.5, 0.6) is 0 Å². The molecule has 0 aromatic rings. The van der Waals surface area contributed by atoms with Crippen molar-refractivity contribution in [2.75, 3.05) is 79.2 Å². The third kappa shape index (κ3) is 40.0. The normalized spacial score (nSPS) is 26.8. The molecular formula is C83H146N2O27. The first kappa shape index (κ1) is 100. The number of Topliss-reactive ketones (excluding diaryl/α,β-unsaturated/α-hetero) is 5. The molecule has 650 valence electrons. The summed E-state index contributed by atoms with van der Waals surface area (Å²) in [5.41, 5.74) is -1.32. The Morgan fingerprint density at radius 2 is 0.714 bits per heavy atom. The molecule has 4 saturated heterocycles. The first-order valence-corrected chi connectivity index (χ1v) is 42.4. The van der Waals surface area contributed by atoms with Gasteiger partial charge < -0.3 is 104 Å². The lowest BCUT2D eigenvalue weighted by Gasteiger charge is -2.40. The number of carbonyl (C=O) groups excluding carboxylic acids is 8. The van der Waals surface area contributed by atoms with E-state index in [0.29, 0.717) is 161 Å². The third-order valence-electron chi connectivity index (χ3n) is 22.1. The van der Waals surface area contributed by atoms with E-state index >= 15 is 0 Å². The minimum atomic E-state index is -1.44. The van der Waals surface area contributed by atoms with E-state index in [2.05, 4.69) is 26.1 Å². The van der Waals surface area contributed by atoms with Gasteiger partial charge in [0, 0.05) is 134 Å². The molecule has 16 unspecified atom stereocenters. The van der Waals surface area contributed by atoms with Crippen LogP contribution in [0.1, 0.15) is 286 Å². The van der Waals surface area contributed by atoms with Gasteiger partial charge in [0.15, 0.2) is 18.9 Å². The maximum absolute atomic E-state index is 14.1. The molecule has 4 fully saturated rings. The predicted molar refractivity (Wildman–Crippen MR) is 414 cm³/mol. The number of nitrogens with zero attached hydrogens (tertiary/aromatic N) is 1. The quantitative estimate of drug-likeness (QED) is 0.0216. The Kier molecular flexibility index (Phi) is 50.6. The molecular weight excluding hydrogens is 1460 g/mol. The molecule has 4 rings (SSSR count). The molecule has 2 amide bonds. The average Bonchev–Trinajstić information content (AvgIpc) is 1.14. The van der Waals surface area contributed by atoms with Crippen molar-refractivity contribution in [3.05, 3.63) is 0 Å². The van der Waals surface area contributed by atoms with E-state index in [0.717, 1.165) is 57.8 Å². The Morgan fingerprint density at radius 3 is 1.08 bits per heavy atom. The molecule has 0 spiro atoms. The van der Waals surface area contributed by atoms with Gasteiger partial charge in [0.05, 0.1) is 70.7 Å². The summed E-state index contributed by atoms with van der Waals surface area (Å²) in [4.78, 5) is 108. The summed E-state index contributed by atoms with van der Waals surface area (Å²) in [6, 6.07) is 0.0466. The molecule has 11 N–H and O–H groups in total. The summed E-state index contributed by atoms with van der Waals surface area (Å²) in [5, 5.41) is 103.